The highest BCUT2D eigenvalue weighted by Crippen LogP contribution is 2.22. The first-order chi connectivity index (χ1) is 8.18. The highest BCUT2D eigenvalue weighted by molar-refractivity contribution is 6.31. The molecule has 1 N–H and O–H groups in total. The molecular formula is C12H15ClN4. The molecule has 1 aromatic heterocycles. The van der Waals surface area contributed by atoms with Gasteiger partial charge in [-0.25, -0.2) is 0 Å². The van der Waals surface area contributed by atoms with E-state index < -0.39 is 0 Å². The molecule has 90 valence electrons. The summed E-state index contributed by atoms with van der Waals surface area (Å²) in [6.45, 7) is 2.75. The summed E-state index contributed by atoms with van der Waals surface area (Å²) >= 11 is 6.14. The van der Waals surface area contributed by atoms with Crippen molar-refractivity contribution in [1.29, 1.82) is 0 Å². The maximum absolute atomic E-state index is 6.14. The molecule has 2 aromatic rings. The third-order valence-electron chi connectivity index (χ3n) is 2.74. The quantitative estimate of drug-likeness (QED) is 0.906. The fraction of sp³-hybridized carbons (Fsp3) is 0.333. The van der Waals surface area contributed by atoms with Crippen molar-refractivity contribution in [2.75, 3.05) is 0 Å². The number of aromatic nitrogens is 3. The van der Waals surface area contributed by atoms with Crippen LogP contribution < -0.4 is 5.32 Å². The van der Waals surface area contributed by atoms with Crippen molar-refractivity contribution < 1.29 is 0 Å². The molecule has 1 atom stereocenters. The molecule has 0 aliphatic carbocycles. The number of nitrogens with one attached hydrogen (secondary N) is 1. The van der Waals surface area contributed by atoms with E-state index in [-0.39, 0.29) is 6.04 Å². The lowest BCUT2D eigenvalue weighted by molar-refractivity contribution is 0.548. The van der Waals surface area contributed by atoms with Crippen molar-refractivity contribution in [2.45, 2.75) is 19.5 Å². The Bertz CT molecular complexity index is 495. The molecule has 1 heterocycles. The van der Waals surface area contributed by atoms with Gasteiger partial charge in [-0.15, -0.1) is 10.2 Å². The van der Waals surface area contributed by atoms with Gasteiger partial charge in [0, 0.05) is 18.1 Å². The smallest absolute Gasteiger partial charge is 0.146 e. The zero-order valence-corrected chi connectivity index (χ0v) is 10.6. The lowest BCUT2D eigenvalue weighted by Gasteiger charge is -2.15. The molecule has 0 saturated heterocycles. The summed E-state index contributed by atoms with van der Waals surface area (Å²) in [6, 6.07) is 8.03. The van der Waals surface area contributed by atoms with Gasteiger partial charge in [0.05, 0.1) is 6.54 Å². The topological polar surface area (TPSA) is 42.7 Å². The van der Waals surface area contributed by atoms with Gasteiger partial charge in [0.15, 0.2) is 0 Å². The van der Waals surface area contributed by atoms with Gasteiger partial charge in [-0.3, -0.25) is 0 Å². The molecule has 1 unspecified atom stereocenters. The minimum atomic E-state index is 0.181. The second kappa shape index (κ2) is 5.29. The Hall–Kier alpha value is -1.39. The minimum Gasteiger partial charge on any atom is -0.320 e. The lowest BCUT2D eigenvalue weighted by Crippen LogP contribution is -2.20. The molecule has 0 saturated carbocycles. The first kappa shape index (κ1) is 12.1. The van der Waals surface area contributed by atoms with Gasteiger partial charge in [0.1, 0.15) is 12.2 Å². The van der Waals surface area contributed by atoms with Crippen LogP contribution in [0.25, 0.3) is 0 Å². The van der Waals surface area contributed by atoms with Gasteiger partial charge < -0.3 is 9.88 Å². The minimum absolute atomic E-state index is 0.181. The summed E-state index contributed by atoms with van der Waals surface area (Å²) in [7, 11) is 1.93. The molecule has 0 radical (unpaired) electrons. The number of hydrogen-bond donors (Lipinski definition) is 1. The van der Waals surface area contributed by atoms with Gasteiger partial charge in [-0.05, 0) is 18.6 Å². The van der Waals surface area contributed by atoms with Crippen LogP contribution in [0.2, 0.25) is 5.02 Å². The van der Waals surface area contributed by atoms with Gasteiger partial charge in [-0.2, -0.15) is 0 Å². The molecule has 2 rings (SSSR count). The summed E-state index contributed by atoms with van der Waals surface area (Å²) in [4.78, 5) is 0. The highest BCUT2D eigenvalue weighted by Gasteiger charge is 2.09. The second-order valence-electron chi connectivity index (χ2n) is 3.98. The van der Waals surface area contributed by atoms with Crippen molar-refractivity contribution >= 4 is 11.6 Å². The Morgan fingerprint density at radius 1 is 1.41 bits per heavy atom. The Balaban J connectivity index is 2.01. The van der Waals surface area contributed by atoms with Crippen LogP contribution in [-0.4, -0.2) is 14.8 Å². The SMILES string of the molecule is CC(NCc1nncn1C)c1ccccc1Cl. The molecule has 0 spiro atoms. The van der Waals surface area contributed by atoms with E-state index in [9.17, 15) is 0 Å². The Kier molecular flexibility index (Phi) is 3.76. The summed E-state index contributed by atoms with van der Waals surface area (Å²) in [5.41, 5.74) is 1.09. The summed E-state index contributed by atoms with van der Waals surface area (Å²) < 4.78 is 1.90. The van der Waals surface area contributed by atoms with E-state index in [4.69, 9.17) is 11.6 Å². The molecular weight excluding hydrogens is 236 g/mol. The van der Waals surface area contributed by atoms with Crippen molar-refractivity contribution in [3.05, 3.63) is 47.0 Å². The van der Waals surface area contributed by atoms with Crippen molar-refractivity contribution in [2.24, 2.45) is 7.05 Å². The maximum Gasteiger partial charge on any atom is 0.146 e. The maximum atomic E-state index is 6.14. The first-order valence-electron chi connectivity index (χ1n) is 5.49. The molecule has 0 aliphatic rings. The molecule has 0 fully saturated rings. The fourth-order valence-electron chi connectivity index (χ4n) is 1.65. The number of rotatable bonds is 4. The van der Waals surface area contributed by atoms with Crippen LogP contribution in [0.3, 0.4) is 0 Å². The highest BCUT2D eigenvalue weighted by atomic mass is 35.5. The molecule has 0 bridgehead atoms. The predicted octanol–water partition coefficient (Wildman–Crippen LogP) is 2.32. The third-order valence-corrected chi connectivity index (χ3v) is 3.09. The number of hydrogen-bond acceptors (Lipinski definition) is 3. The van der Waals surface area contributed by atoms with E-state index >= 15 is 0 Å². The normalized spacial score (nSPS) is 12.6. The second-order valence-corrected chi connectivity index (χ2v) is 4.39. The van der Waals surface area contributed by atoms with E-state index in [1.54, 1.807) is 6.33 Å². The molecule has 0 amide bonds. The van der Waals surface area contributed by atoms with Crippen LogP contribution in [0, 0.1) is 0 Å². The number of nitrogens with zero attached hydrogens (tertiary/aromatic N) is 3. The largest absolute Gasteiger partial charge is 0.320 e. The molecule has 4 nitrogen and oxygen atoms in total. The molecule has 17 heavy (non-hydrogen) atoms. The monoisotopic (exact) mass is 250 g/mol. The van der Waals surface area contributed by atoms with E-state index in [2.05, 4.69) is 22.4 Å². The zero-order valence-electron chi connectivity index (χ0n) is 9.89. The van der Waals surface area contributed by atoms with Crippen LogP contribution in [0.15, 0.2) is 30.6 Å². The number of aryl methyl sites for hydroxylation is 1. The first-order valence-corrected chi connectivity index (χ1v) is 5.87. The van der Waals surface area contributed by atoms with Gasteiger partial charge in [-0.1, -0.05) is 29.8 Å². The van der Waals surface area contributed by atoms with Crippen LogP contribution in [0.1, 0.15) is 24.4 Å². The van der Waals surface area contributed by atoms with Crippen LogP contribution >= 0.6 is 11.6 Å². The van der Waals surface area contributed by atoms with Gasteiger partial charge in [0.25, 0.3) is 0 Å². The lowest BCUT2D eigenvalue weighted by atomic mass is 10.1. The van der Waals surface area contributed by atoms with Crippen LogP contribution in [0.5, 0.6) is 0 Å². The third kappa shape index (κ3) is 2.84. The average molecular weight is 251 g/mol. The van der Waals surface area contributed by atoms with E-state index in [0.717, 1.165) is 16.4 Å². The fourth-order valence-corrected chi connectivity index (χ4v) is 1.95. The van der Waals surface area contributed by atoms with Crippen LogP contribution in [0.4, 0.5) is 0 Å². The van der Waals surface area contributed by atoms with Crippen LogP contribution in [-0.2, 0) is 13.6 Å². The predicted molar refractivity (Wildman–Crippen MR) is 67.7 cm³/mol. The summed E-state index contributed by atoms with van der Waals surface area (Å²) in [6.07, 6.45) is 1.69. The van der Waals surface area contributed by atoms with Crippen molar-refractivity contribution in [3.63, 3.8) is 0 Å². The zero-order chi connectivity index (χ0) is 12.3. The molecule has 1 aromatic carbocycles. The van der Waals surface area contributed by atoms with Crippen molar-refractivity contribution in [1.82, 2.24) is 20.1 Å². The van der Waals surface area contributed by atoms with Gasteiger partial charge >= 0.3 is 0 Å². The summed E-state index contributed by atoms with van der Waals surface area (Å²) in [5, 5.41) is 12.0. The Morgan fingerprint density at radius 2 is 2.18 bits per heavy atom. The Morgan fingerprint density at radius 3 is 2.82 bits per heavy atom. The van der Waals surface area contributed by atoms with E-state index in [1.807, 2.05) is 35.9 Å². The van der Waals surface area contributed by atoms with Gasteiger partial charge in [0.2, 0.25) is 0 Å². The number of benzene rings is 1. The Labute approximate surface area is 106 Å². The van der Waals surface area contributed by atoms with Crippen molar-refractivity contribution in [3.8, 4) is 0 Å². The average Bonchev–Trinajstić information content (AvgIpc) is 2.72. The van der Waals surface area contributed by atoms with E-state index in [1.165, 1.54) is 0 Å². The summed E-state index contributed by atoms with van der Waals surface area (Å²) in [5.74, 6) is 0.906. The number of halogens is 1. The molecule has 5 heteroatoms. The van der Waals surface area contributed by atoms with E-state index in [0.29, 0.717) is 6.54 Å². The molecule has 0 aliphatic heterocycles. The standard InChI is InChI=1S/C12H15ClN4/c1-9(10-5-3-4-6-11(10)13)14-7-12-16-15-8-17(12)2/h3-6,8-9,14H,7H2,1-2H3.